The predicted octanol–water partition coefficient (Wildman–Crippen LogP) is 11.1. The van der Waals surface area contributed by atoms with E-state index >= 15 is 0 Å². The van der Waals surface area contributed by atoms with E-state index in [1.807, 2.05) is 133 Å². The highest BCUT2D eigenvalue weighted by atomic mass is 16.7. The van der Waals surface area contributed by atoms with Crippen LogP contribution in [0.25, 0.3) is 43.6 Å². The molecule has 8 aromatic rings. The van der Waals surface area contributed by atoms with Gasteiger partial charge in [-0.25, -0.2) is 9.59 Å². The summed E-state index contributed by atoms with van der Waals surface area (Å²) >= 11 is 0. The fourth-order valence-corrected chi connectivity index (χ4v) is 7.94. The van der Waals surface area contributed by atoms with E-state index in [0.29, 0.717) is 60.0 Å². The first-order valence-corrected chi connectivity index (χ1v) is 21.6. The number of methoxy groups -OCH3 is 1. The third kappa shape index (κ3) is 10.2. The molecule has 0 aliphatic rings. The highest BCUT2D eigenvalue weighted by Gasteiger charge is 2.29. The molecule has 0 fully saturated rings. The molecule has 324 valence electrons. The number of rotatable bonds is 22. The molecule has 1 N–H and O–H groups in total. The number of fused-ring (bicyclic) bond motifs is 6. The first-order valence-electron chi connectivity index (χ1n) is 21.6. The van der Waals surface area contributed by atoms with Crippen LogP contribution < -0.4 is 28.5 Å². The summed E-state index contributed by atoms with van der Waals surface area (Å²) in [5.74, 6) is 1.80. The first-order chi connectivity index (χ1) is 30.9. The second kappa shape index (κ2) is 20.2. The Balaban J connectivity index is 0.928. The Morgan fingerprint density at radius 2 is 1.00 bits per heavy atom. The zero-order valence-corrected chi connectivity index (χ0v) is 35.7. The topological polar surface area (TPSA) is 120 Å². The van der Waals surface area contributed by atoms with Crippen molar-refractivity contribution < 1.29 is 43.2 Å². The van der Waals surface area contributed by atoms with E-state index in [0.717, 1.165) is 77.3 Å². The highest BCUT2D eigenvalue weighted by molar-refractivity contribution is 6.10. The molecule has 0 saturated heterocycles. The Bertz CT molecular complexity index is 2830. The number of hydrogen-bond donors (Lipinski definition) is 1. The smallest absolute Gasteiger partial charge is 0.335 e. The maximum atomic E-state index is 14.0. The van der Waals surface area contributed by atoms with Gasteiger partial charge in [-0.1, -0.05) is 60.2 Å². The standard InChI is InChI=1S/C52H52N2O9/c1-36-20-22-37(23-21-36)59-28-9-3-11-31-62-41-25-27-45-43-17-6-8-19-47(43)54(49(45)34-41)63-51(55)35-50(52(56)57)53-46-18-7-5-16-42(46)44-26-24-40(33-48(44)53)61-30-12-4-10-29-60-39-15-13-14-38(32-39)58-2/h5-8,13-27,32-34,50H,3-4,9-12,28-31,35H2,1-2H3,(H,56,57). The molecular formula is C52H52N2O9. The fraction of sp³-hybridized carbons (Fsp3) is 0.269. The van der Waals surface area contributed by atoms with Crippen molar-refractivity contribution in [2.45, 2.75) is 57.9 Å². The van der Waals surface area contributed by atoms with E-state index in [1.54, 1.807) is 11.7 Å². The Hall–Kier alpha value is -7.14. The normalized spacial score (nSPS) is 11.8. The molecule has 0 aliphatic carbocycles. The van der Waals surface area contributed by atoms with Crippen LogP contribution in [-0.2, 0) is 9.59 Å². The minimum atomic E-state index is -1.27. The summed E-state index contributed by atoms with van der Waals surface area (Å²) in [5.41, 5.74) is 3.87. The van der Waals surface area contributed by atoms with Crippen LogP contribution in [0.4, 0.5) is 0 Å². The van der Waals surface area contributed by atoms with E-state index < -0.39 is 24.4 Å². The molecule has 63 heavy (non-hydrogen) atoms. The minimum absolute atomic E-state index is 0.427. The fourth-order valence-electron chi connectivity index (χ4n) is 7.94. The Morgan fingerprint density at radius 3 is 1.62 bits per heavy atom. The summed E-state index contributed by atoms with van der Waals surface area (Å²) in [6, 6.07) is 41.1. The van der Waals surface area contributed by atoms with Crippen molar-refractivity contribution in [1.29, 1.82) is 0 Å². The van der Waals surface area contributed by atoms with Crippen LogP contribution >= 0.6 is 0 Å². The maximum absolute atomic E-state index is 14.0. The van der Waals surface area contributed by atoms with Crippen molar-refractivity contribution >= 4 is 55.6 Å². The van der Waals surface area contributed by atoms with Gasteiger partial charge < -0.3 is 38.2 Å². The molecule has 11 nitrogen and oxygen atoms in total. The Labute approximate surface area is 366 Å². The summed E-state index contributed by atoms with van der Waals surface area (Å²) in [6.07, 6.45) is 4.85. The van der Waals surface area contributed by atoms with Crippen molar-refractivity contribution in [2.75, 3.05) is 33.5 Å². The number of carboxylic acid groups (broad SMARTS) is 1. The zero-order chi connectivity index (χ0) is 43.5. The molecule has 2 heterocycles. The molecule has 0 saturated carbocycles. The largest absolute Gasteiger partial charge is 0.497 e. The van der Waals surface area contributed by atoms with E-state index in [1.165, 1.54) is 10.3 Å². The lowest BCUT2D eigenvalue weighted by Crippen LogP contribution is -2.27. The summed E-state index contributed by atoms with van der Waals surface area (Å²) in [7, 11) is 1.63. The molecule has 1 unspecified atom stereocenters. The minimum Gasteiger partial charge on any atom is -0.497 e. The van der Waals surface area contributed by atoms with Crippen LogP contribution in [0.1, 0.15) is 56.6 Å². The monoisotopic (exact) mass is 848 g/mol. The molecule has 0 radical (unpaired) electrons. The van der Waals surface area contributed by atoms with Gasteiger partial charge in [0, 0.05) is 45.3 Å². The third-order valence-corrected chi connectivity index (χ3v) is 11.1. The Kier molecular flexibility index (Phi) is 13.6. The Morgan fingerprint density at radius 1 is 0.508 bits per heavy atom. The van der Waals surface area contributed by atoms with Crippen molar-refractivity contribution in [3.8, 4) is 28.7 Å². The second-order valence-electron chi connectivity index (χ2n) is 15.6. The number of unbranched alkanes of at least 4 members (excludes halogenated alkanes) is 4. The molecule has 2 aromatic heterocycles. The lowest BCUT2D eigenvalue weighted by Gasteiger charge is -2.18. The molecule has 8 rings (SSSR count). The summed E-state index contributed by atoms with van der Waals surface area (Å²) in [5, 5.41) is 14.2. The van der Waals surface area contributed by atoms with Crippen molar-refractivity contribution in [2.24, 2.45) is 0 Å². The number of nitrogens with zero attached hydrogens (tertiary/aromatic N) is 2. The number of carbonyl (C=O) groups excluding carboxylic acids is 1. The van der Waals surface area contributed by atoms with Crippen molar-refractivity contribution in [1.82, 2.24) is 9.30 Å². The molecule has 1 atom stereocenters. The SMILES string of the molecule is COc1cccc(OCCCCCOc2ccc3c4ccccc4n(C(CC(=O)On4c5ccccc5c5ccc(OCCCCCOc6ccc(C)cc6)cc54)C(=O)O)c3c2)c1. The van der Waals surface area contributed by atoms with Gasteiger partial charge in [-0.3, -0.25) is 0 Å². The average molecular weight is 849 g/mol. The molecule has 0 bridgehead atoms. The van der Waals surface area contributed by atoms with Crippen LogP contribution in [0.2, 0.25) is 0 Å². The van der Waals surface area contributed by atoms with E-state index in [-0.39, 0.29) is 0 Å². The van der Waals surface area contributed by atoms with E-state index in [2.05, 4.69) is 6.92 Å². The number of para-hydroxylation sites is 2. The van der Waals surface area contributed by atoms with Crippen LogP contribution in [-0.4, -0.2) is 59.9 Å². The lowest BCUT2D eigenvalue weighted by atomic mass is 10.1. The van der Waals surface area contributed by atoms with Crippen molar-refractivity contribution in [3.63, 3.8) is 0 Å². The van der Waals surface area contributed by atoms with E-state index in [9.17, 15) is 14.7 Å². The van der Waals surface area contributed by atoms with Gasteiger partial charge in [0.05, 0.1) is 56.5 Å². The number of aliphatic carboxylic acids is 1. The van der Waals surface area contributed by atoms with Gasteiger partial charge in [0.25, 0.3) is 0 Å². The molecule has 6 aromatic carbocycles. The van der Waals surface area contributed by atoms with Crippen LogP contribution in [0.5, 0.6) is 28.7 Å². The second-order valence-corrected chi connectivity index (χ2v) is 15.6. The third-order valence-electron chi connectivity index (χ3n) is 11.1. The molecule has 11 heteroatoms. The van der Waals surface area contributed by atoms with Gasteiger partial charge in [-0.05, 0) is 106 Å². The summed E-state index contributed by atoms with van der Waals surface area (Å²) in [4.78, 5) is 33.2. The number of aryl methyl sites for hydroxylation is 1. The van der Waals surface area contributed by atoms with Gasteiger partial charge in [0.15, 0.2) is 0 Å². The number of hydrogen-bond acceptors (Lipinski definition) is 8. The predicted molar refractivity (Wildman–Crippen MR) is 246 cm³/mol. The number of ether oxygens (including phenoxy) is 5. The number of carboxylic acids is 1. The first kappa shape index (κ1) is 42.5. The molecule has 0 amide bonds. The number of benzene rings is 6. The average Bonchev–Trinajstić information content (AvgIpc) is 3.79. The quantitative estimate of drug-likeness (QED) is 0.0665. The van der Waals surface area contributed by atoms with Gasteiger partial charge in [0.1, 0.15) is 34.8 Å². The summed E-state index contributed by atoms with van der Waals surface area (Å²) in [6.45, 7) is 4.27. The highest BCUT2D eigenvalue weighted by Crippen LogP contribution is 2.36. The number of carbonyl (C=O) groups is 2. The van der Waals surface area contributed by atoms with Gasteiger partial charge in [0.2, 0.25) is 0 Å². The maximum Gasteiger partial charge on any atom is 0.335 e. The van der Waals surface area contributed by atoms with Crippen molar-refractivity contribution in [3.05, 3.63) is 139 Å². The van der Waals surface area contributed by atoms with Gasteiger partial charge >= 0.3 is 11.9 Å². The van der Waals surface area contributed by atoms with Crippen LogP contribution in [0, 0.1) is 6.92 Å². The van der Waals surface area contributed by atoms with Crippen LogP contribution in [0.15, 0.2) is 133 Å². The van der Waals surface area contributed by atoms with E-state index in [4.69, 9.17) is 28.5 Å². The van der Waals surface area contributed by atoms with Crippen LogP contribution in [0.3, 0.4) is 0 Å². The molecule has 0 spiro atoms. The van der Waals surface area contributed by atoms with Gasteiger partial charge in [-0.2, -0.15) is 4.73 Å². The zero-order valence-electron chi connectivity index (χ0n) is 35.7. The summed E-state index contributed by atoms with van der Waals surface area (Å²) < 4.78 is 32.5. The molecule has 0 aliphatic heterocycles. The lowest BCUT2D eigenvalue weighted by molar-refractivity contribution is -0.150. The van der Waals surface area contributed by atoms with Gasteiger partial charge in [-0.15, -0.1) is 0 Å². The number of aromatic nitrogens is 2. The molecular weight excluding hydrogens is 797 g/mol.